The summed E-state index contributed by atoms with van der Waals surface area (Å²) in [6, 6.07) is 7.18. The van der Waals surface area contributed by atoms with Crippen LogP contribution in [0, 0.1) is 5.92 Å². The summed E-state index contributed by atoms with van der Waals surface area (Å²) in [5.74, 6) is -1.77. The first-order chi connectivity index (χ1) is 11.0. The minimum Gasteiger partial charge on any atom is -0.481 e. The SMILES string of the molecule is COC1(C(=O)N2C[C@@H](C(=O)O)[C@H](c3ccc(Cl)cc3)C2)CCC1. The lowest BCUT2D eigenvalue weighted by Gasteiger charge is -2.41. The first-order valence-corrected chi connectivity index (χ1v) is 8.17. The van der Waals surface area contributed by atoms with Crippen molar-refractivity contribution in [1.82, 2.24) is 4.90 Å². The molecule has 1 saturated carbocycles. The van der Waals surface area contributed by atoms with E-state index >= 15 is 0 Å². The summed E-state index contributed by atoms with van der Waals surface area (Å²) >= 11 is 5.90. The highest BCUT2D eigenvalue weighted by Crippen LogP contribution is 2.40. The summed E-state index contributed by atoms with van der Waals surface area (Å²) in [5, 5.41) is 10.1. The zero-order valence-electron chi connectivity index (χ0n) is 13.0. The third-order valence-electron chi connectivity index (χ3n) is 5.16. The molecule has 1 saturated heterocycles. The molecule has 2 atom stereocenters. The fourth-order valence-electron chi connectivity index (χ4n) is 3.56. The summed E-state index contributed by atoms with van der Waals surface area (Å²) in [4.78, 5) is 26.0. The molecule has 1 aromatic carbocycles. The van der Waals surface area contributed by atoms with Gasteiger partial charge in [0.1, 0.15) is 5.60 Å². The number of carbonyl (C=O) groups excluding carboxylic acids is 1. The van der Waals surface area contributed by atoms with Crippen molar-refractivity contribution in [2.45, 2.75) is 30.8 Å². The highest BCUT2D eigenvalue weighted by molar-refractivity contribution is 6.30. The summed E-state index contributed by atoms with van der Waals surface area (Å²) in [6.45, 7) is 0.634. The van der Waals surface area contributed by atoms with Crippen LogP contribution in [-0.4, -0.2) is 47.7 Å². The van der Waals surface area contributed by atoms with Crippen molar-refractivity contribution >= 4 is 23.5 Å². The zero-order chi connectivity index (χ0) is 16.6. The second-order valence-electron chi connectivity index (χ2n) is 6.36. The Bertz CT molecular complexity index is 606. The molecule has 1 amide bonds. The molecule has 1 aliphatic heterocycles. The zero-order valence-corrected chi connectivity index (χ0v) is 13.8. The molecule has 124 valence electrons. The number of benzene rings is 1. The minimum atomic E-state index is -0.875. The van der Waals surface area contributed by atoms with E-state index in [2.05, 4.69) is 0 Å². The second-order valence-corrected chi connectivity index (χ2v) is 6.80. The number of carboxylic acid groups (broad SMARTS) is 1. The van der Waals surface area contributed by atoms with E-state index in [1.165, 1.54) is 0 Å². The highest BCUT2D eigenvalue weighted by Gasteiger charge is 2.50. The van der Waals surface area contributed by atoms with Crippen LogP contribution in [0.4, 0.5) is 0 Å². The lowest BCUT2D eigenvalue weighted by molar-refractivity contribution is -0.165. The Labute approximate surface area is 140 Å². The van der Waals surface area contributed by atoms with Crippen LogP contribution in [0.5, 0.6) is 0 Å². The molecule has 1 heterocycles. The van der Waals surface area contributed by atoms with E-state index in [-0.39, 0.29) is 18.4 Å². The van der Waals surface area contributed by atoms with E-state index in [0.29, 0.717) is 24.4 Å². The third kappa shape index (κ3) is 2.83. The van der Waals surface area contributed by atoms with Crippen molar-refractivity contribution in [2.75, 3.05) is 20.2 Å². The number of carboxylic acids is 1. The van der Waals surface area contributed by atoms with Gasteiger partial charge in [-0.1, -0.05) is 23.7 Å². The lowest BCUT2D eigenvalue weighted by Crippen LogP contribution is -2.54. The standard InChI is InChI=1S/C17H20ClNO4/c1-23-17(7-2-8-17)16(22)19-9-13(14(10-19)15(20)21)11-3-5-12(18)6-4-11/h3-6,13-14H,2,7-10H2,1H3,(H,20,21)/t13-,14+/m0/s1. The first-order valence-electron chi connectivity index (χ1n) is 7.79. The normalized spacial score (nSPS) is 25.9. The van der Waals surface area contributed by atoms with Crippen molar-refractivity contribution in [3.8, 4) is 0 Å². The molecule has 0 aromatic heterocycles. The molecule has 0 unspecified atom stereocenters. The van der Waals surface area contributed by atoms with Gasteiger partial charge in [0, 0.05) is 31.1 Å². The summed E-state index contributed by atoms with van der Waals surface area (Å²) in [7, 11) is 1.55. The van der Waals surface area contributed by atoms with Gasteiger partial charge in [-0.25, -0.2) is 0 Å². The molecule has 3 rings (SSSR count). The van der Waals surface area contributed by atoms with Crippen LogP contribution < -0.4 is 0 Å². The number of hydrogen-bond donors (Lipinski definition) is 1. The Kier molecular flexibility index (Phi) is 4.34. The number of carbonyl (C=O) groups is 2. The molecular weight excluding hydrogens is 318 g/mol. The number of rotatable bonds is 4. The van der Waals surface area contributed by atoms with E-state index in [4.69, 9.17) is 16.3 Å². The van der Waals surface area contributed by atoms with Crippen molar-refractivity contribution < 1.29 is 19.4 Å². The number of ether oxygens (including phenoxy) is 1. The monoisotopic (exact) mass is 337 g/mol. The molecule has 2 aliphatic rings. The summed E-state index contributed by atoms with van der Waals surface area (Å²) in [5.41, 5.74) is 0.162. The number of likely N-dealkylation sites (tertiary alicyclic amines) is 1. The number of aliphatic carboxylic acids is 1. The number of methoxy groups -OCH3 is 1. The minimum absolute atomic E-state index is 0.0750. The van der Waals surface area contributed by atoms with Gasteiger partial charge in [-0.15, -0.1) is 0 Å². The predicted molar refractivity (Wildman–Crippen MR) is 85.5 cm³/mol. The molecule has 1 N–H and O–H groups in total. The van der Waals surface area contributed by atoms with Gasteiger partial charge in [0.15, 0.2) is 0 Å². The van der Waals surface area contributed by atoms with Crippen molar-refractivity contribution in [3.05, 3.63) is 34.9 Å². The van der Waals surface area contributed by atoms with Crippen molar-refractivity contribution in [1.29, 1.82) is 0 Å². The highest BCUT2D eigenvalue weighted by atomic mass is 35.5. The van der Waals surface area contributed by atoms with Crippen LogP contribution in [-0.2, 0) is 14.3 Å². The lowest BCUT2D eigenvalue weighted by atomic mass is 9.79. The van der Waals surface area contributed by atoms with E-state index in [1.54, 1.807) is 24.1 Å². The molecule has 1 aliphatic carbocycles. The quantitative estimate of drug-likeness (QED) is 0.916. The van der Waals surface area contributed by atoms with E-state index in [0.717, 1.165) is 12.0 Å². The van der Waals surface area contributed by atoms with Gasteiger partial charge in [0.05, 0.1) is 5.92 Å². The maximum atomic E-state index is 12.8. The Hall–Kier alpha value is -1.59. The van der Waals surface area contributed by atoms with Crippen LogP contribution in [0.15, 0.2) is 24.3 Å². The predicted octanol–water partition coefficient (Wildman–Crippen LogP) is 2.54. The smallest absolute Gasteiger partial charge is 0.308 e. The van der Waals surface area contributed by atoms with E-state index < -0.39 is 17.5 Å². The first kappa shape index (κ1) is 16.3. The fraction of sp³-hybridized carbons (Fsp3) is 0.529. The number of hydrogen-bond acceptors (Lipinski definition) is 3. The van der Waals surface area contributed by atoms with Gasteiger partial charge >= 0.3 is 5.97 Å². The number of nitrogens with zero attached hydrogens (tertiary/aromatic N) is 1. The maximum absolute atomic E-state index is 12.8. The molecule has 1 aromatic rings. The van der Waals surface area contributed by atoms with Crippen LogP contribution in [0.25, 0.3) is 0 Å². The average molecular weight is 338 g/mol. The van der Waals surface area contributed by atoms with Gasteiger partial charge in [-0.05, 0) is 37.0 Å². The Morgan fingerprint density at radius 1 is 1.26 bits per heavy atom. The van der Waals surface area contributed by atoms with Crippen LogP contribution in [0.2, 0.25) is 5.02 Å². The molecule has 6 heteroatoms. The average Bonchev–Trinajstić information content (AvgIpc) is 2.92. The van der Waals surface area contributed by atoms with Crippen molar-refractivity contribution in [3.63, 3.8) is 0 Å². The van der Waals surface area contributed by atoms with Gasteiger partial charge in [-0.3, -0.25) is 9.59 Å². The number of amides is 1. The Balaban J connectivity index is 1.82. The molecule has 2 fully saturated rings. The van der Waals surface area contributed by atoms with Gasteiger partial charge in [0.25, 0.3) is 5.91 Å². The molecule has 0 radical (unpaired) electrons. The number of halogens is 1. The van der Waals surface area contributed by atoms with Crippen molar-refractivity contribution in [2.24, 2.45) is 5.92 Å². The van der Waals surface area contributed by atoms with E-state index in [9.17, 15) is 14.7 Å². The maximum Gasteiger partial charge on any atom is 0.308 e. The van der Waals surface area contributed by atoms with Crippen LogP contribution in [0.1, 0.15) is 30.7 Å². The second kappa shape index (κ2) is 6.13. The summed E-state index contributed by atoms with van der Waals surface area (Å²) < 4.78 is 5.44. The van der Waals surface area contributed by atoms with Gasteiger partial charge in [0.2, 0.25) is 0 Å². The molecule has 5 nitrogen and oxygen atoms in total. The largest absolute Gasteiger partial charge is 0.481 e. The molecule has 0 bridgehead atoms. The van der Waals surface area contributed by atoms with Gasteiger partial charge < -0.3 is 14.7 Å². The summed E-state index contributed by atoms with van der Waals surface area (Å²) in [6.07, 6.45) is 2.39. The van der Waals surface area contributed by atoms with E-state index in [1.807, 2.05) is 12.1 Å². The molecule has 0 spiro atoms. The van der Waals surface area contributed by atoms with Crippen LogP contribution >= 0.6 is 11.6 Å². The third-order valence-corrected chi connectivity index (χ3v) is 5.42. The fourth-order valence-corrected chi connectivity index (χ4v) is 3.68. The topological polar surface area (TPSA) is 66.8 Å². The molecule has 23 heavy (non-hydrogen) atoms. The van der Waals surface area contributed by atoms with Crippen LogP contribution in [0.3, 0.4) is 0 Å². The van der Waals surface area contributed by atoms with Gasteiger partial charge in [-0.2, -0.15) is 0 Å². The Morgan fingerprint density at radius 3 is 2.39 bits per heavy atom. The Morgan fingerprint density at radius 2 is 1.91 bits per heavy atom. The molecular formula is C17H20ClNO4.